The molecule has 0 atom stereocenters. The molecule has 0 unspecified atom stereocenters. The summed E-state index contributed by atoms with van der Waals surface area (Å²) in [7, 11) is 0. The second-order valence-corrected chi connectivity index (χ2v) is 6.60. The Kier molecular flexibility index (Phi) is 4.23. The van der Waals surface area contributed by atoms with Crippen molar-refractivity contribution < 1.29 is 9.13 Å². The van der Waals surface area contributed by atoms with Crippen LogP contribution in [0, 0.1) is 12.7 Å². The fraction of sp³-hybridized carbons (Fsp3) is 0.167. The number of fused-ring (bicyclic) bond motifs is 1. The van der Waals surface area contributed by atoms with Crippen LogP contribution in [0.25, 0.3) is 0 Å². The third kappa shape index (κ3) is 3.41. The van der Waals surface area contributed by atoms with Crippen LogP contribution in [0.2, 0.25) is 0 Å². The first kappa shape index (κ1) is 15.8. The average Bonchev–Trinajstić information content (AvgIpc) is 3.04. The minimum absolute atomic E-state index is 0.212. The summed E-state index contributed by atoms with van der Waals surface area (Å²) in [5.41, 5.74) is 3.27. The summed E-state index contributed by atoms with van der Waals surface area (Å²) in [6.45, 7) is 2.27. The molecule has 126 valence electrons. The van der Waals surface area contributed by atoms with Crippen molar-refractivity contribution in [2.75, 3.05) is 5.75 Å². The number of ether oxygens (including phenoxy) is 1. The van der Waals surface area contributed by atoms with Gasteiger partial charge in [-0.25, -0.2) is 4.39 Å². The maximum absolute atomic E-state index is 13.0. The van der Waals surface area contributed by atoms with Crippen molar-refractivity contribution in [3.63, 3.8) is 0 Å². The molecule has 25 heavy (non-hydrogen) atoms. The number of thioether (sulfide) groups is 1. The number of halogens is 1. The van der Waals surface area contributed by atoms with Gasteiger partial charge in [0.1, 0.15) is 18.2 Å². The van der Waals surface area contributed by atoms with Crippen LogP contribution >= 0.6 is 11.8 Å². The molecule has 0 radical (unpaired) electrons. The van der Waals surface area contributed by atoms with E-state index in [4.69, 9.17) is 4.74 Å². The highest BCUT2D eigenvalue weighted by molar-refractivity contribution is 7.99. The van der Waals surface area contributed by atoms with Crippen LogP contribution in [-0.2, 0) is 6.61 Å². The Morgan fingerprint density at radius 2 is 1.84 bits per heavy atom. The van der Waals surface area contributed by atoms with Crippen LogP contribution in [-0.4, -0.2) is 26.3 Å². The van der Waals surface area contributed by atoms with Gasteiger partial charge in [0.2, 0.25) is 5.16 Å². The van der Waals surface area contributed by atoms with Crippen molar-refractivity contribution in [1.82, 2.24) is 14.9 Å². The van der Waals surface area contributed by atoms with Crippen molar-refractivity contribution >= 4 is 17.5 Å². The van der Waals surface area contributed by atoms with Gasteiger partial charge in [-0.3, -0.25) is 0 Å². The first-order chi connectivity index (χ1) is 12.2. The van der Waals surface area contributed by atoms with Gasteiger partial charge in [-0.1, -0.05) is 41.6 Å². The lowest BCUT2D eigenvalue weighted by atomic mass is 10.1. The van der Waals surface area contributed by atoms with E-state index in [0.29, 0.717) is 11.6 Å². The molecule has 1 aliphatic heterocycles. The Morgan fingerprint density at radius 3 is 2.60 bits per heavy atom. The largest absolute Gasteiger partial charge is 0.486 e. The van der Waals surface area contributed by atoms with Gasteiger partial charge in [0.15, 0.2) is 5.82 Å². The monoisotopic (exact) mass is 354 g/mol. The van der Waals surface area contributed by atoms with Gasteiger partial charge in [0.25, 0.3) is 0 Å². The second-order valence-electron chi connectivity index (χ2n) is 5.65. The Labute approximate surface area is 148 Å². The number of aryl methyl sites for hydroxylation is 1. The van der Waals surface area contributed by atoms with Gasteiger partial charge < -0.3 is 4.74 Å². The van der Waals surface area contributed by atoms with Crippen molar-refractivity contribution in [2.24, 2.45) is 5.10 Å². The molecule has 5 nitrogen and oxygen atoms in total. The quantitative estimate of drug-likeness (QED) is 0.717. The minimum Gasteiger partial charge on any atom is -0.486 e. The maximum Gasteiger partial charge on any atom is 0.212 e. The number of hydrogen-bond donors (Lipinski definition) is 0. The van der Waals surface area contributed by atoms with Gasteiger partial charge in [-0.15, -0.1) is 10.2 Å². The SMILES string of the molecule is Cc1ccc(C2=Nn3c(COc4ccc(F)cc4)nnc3SC2)cc1. The number of rotatable bonds is 4. The predicted octanol–water partition coefficient (Wildman–Crippen LogP) is 3.66. The zero-order valence-corrected chi connectivity index (χ0v) is 14.3. The van der Waals surface area contributed by atoms with Crippen molar-refractivity contribution in [1.29, 1.82) is 0 Å². The molecule has 3 aromatic rings. The molecule has 0 amide bonds. The molecule has 7 heteroatoms. The van der Waals surface area contributed by atoms with Crippen LogP contribution in [0.4, 0.5) is 4.39 Å². The van der Waals surface area contributed by atoms with E-state index in [-0.39, 0.29) is 12.4 Å². The summed E-state index contributed by atoms with van der Waals surface area (Å²) >= 11 is 1.59. The zero-order valence-electron chi connectivity index (χ0n) is 13.5. The molecule has 4 rings (SSSR count). The molecule has 0 spiro atoms. The lowest BCUT2D eigenvalue weighted by Gasteiger charge is -2.14. The Bertz CT molecular complexity index is 919. The van der Waals surface area contributed by atoms with E-state index in [0.717, 1.165) is 22.2 Å². The molecular weight excluding hydrogens is 339 g/mol. The van der Waals surface area contributed by atoms with E-state index >= 15 is 0 Å². The summed E-state index contributed by atoms with van der Waals surface area (Å²) < 4.78 is 20.3. The van der Waals surface area contributed by atoms with E-state index in [2.05, 4.69) is 46.5 Å². The highest BCUT2D eigenvalue weighted by Crippen LogP contribution is 2.24. The molecule has 2 heterocycles. The van der Waals surface area contributed by atoms with Crippen LogP contribution < -0.4 is 4.74 Å². The Balaban J connectivity index is 1.56. The first-order valence-corrected chi connectivity index (χ1v) is 8.78. The first-order valence-electron chi connectivity index (χ1n) is 7.79. The van der Waals surface area contributed by atoms with E-state index in [1.165, 1.54) is 17.7 Å². The van der Waals surface area contributed by atoms with Gasteiger partial charge in [-0.2, -0.15) is 9.78 Å². The molecule has 0 saturated carbocycles. The van der Waals surface area contributed by atoms with E-state index in [9.17, 15) is 4.39 Å². The van der Waals surface area contributed by atoms with Crippen LogP contribution in [0.3, 0.4) is 0 Å². The highest BCUT2D eigenvalue weighted by Gasteiger charge is 2.20. The average molecular weight is 354 g/mol. The normalized spacial score (nSPS) is 13.3. The molecule has 0 fully saturated rings. The fourth-order valence-corrected chi connectivity index (χ4v) is 3.28. The van der Waals surface area contributed by atoms with Crippen molar-refractivity contribution in [3.8, 4) is 5.75 Å². The summed E-state index contributed by atoms with van der Waals surface area (Å²) in [4.78, 5) is 0. The lowest BCUT2D eigenvalue weighted by molar-refractivity contribution is 0.289. The van der Waals surface area contributed by atoms with Gasteiger partial charge >= 0.3 is 0 Å². The molecule has 1 aliphatic rings. The fourth-order valence-electron chi connectivity index (χ4n) is 2.42. The van der Waals surface area contributed by atoms with Crippen molar-refractivity contribution in [2.45, 2.75) is 18.7 Å². The van der Waals surface area contributed by atoms with E-state index in [1.807, 2.05) is 0 Å². The minimum atomic E-state index is -0.295. The zero-order chi connectivity index (χ0) is 17.2. The molecule has 2 aromatic carbocycles. The predicted molar refractivity (Wildman–Crippen MR) is 94.6 cm³/mol. The number of nitrogens with zero attached hydrogens (tertiary/aromatic N) is 4. The summed E-state index contributed by atoms with van der Waals surface area (Å²) in [5, 5.41) is 13.7. The molecule has 0 bridgehead atoms. The topological polar surface area (TPSA) is 52.3 Å². The van der Waals surface area contributed by atoms with Gasteiger partial charge in [-0.05, 0) is 36.8 Å². The lowest BCUT2D eigenvalue weighted by Crippen LogP contribution is -2.15. The van der Waals surface area contributed by atoms with Crippen LogP contribution in [0.1, 0.15) is 17.0 Å². The molecule has 0 saturated heterocycles. The highest BCUT2D eigenvalue weighted by atomic mass is 32.2. The van der Waals surface area contributed by atoms with Crippen molar-refractivity contribution in [3.05, 3.63) is 71.3 Å². The molecular formula is C18H15FN4OS. The third-order valence-electron chi connectivity index (χ3n) is 3.80. The van der Waals surface area contributed by atoms with Gasteiger partial charge in [0.05, 0.1) is 5.71 Å². The van der Waals surface area contributed by atoms with E-state index < -0.39 is 0 Å². The number of aromatic nitrogens is 3. The molecule has 0 aliphatic carbocycles. The smallest absolute Gasteiger partial charge is 0.212 e. The molecule has 1 aromatic heterocycles. The third-order valence-corrected chi connectivity index (χ3v) is 4.73. The standard InChI is InChI=1S/C18H15FN4OS/c1-12-2-4-13(5-3-12)16-11-25-18-21-20-17(23(18)22-16)10-24-15-8-6-14(19)7-9-15/h2-9H,10-11H2,1H3. The second kappa shape index (κ2) is 6.68. The maximum atomic E-state index is 13.0. The number of benzene rings is 2. The Hall–Kier alpha value is -2.67. The summed E-state index contributed by atoms with van der Waals surface area (Å²) in [6.07, 6.45) is 0. The summed E-state index contributed by atoms with van der Waals surface area (Å²) in [5.74, 6) is 1.64. The van der Waals surface area contributed by atoms with Gasteiger partial charge in [0, 0.05) is 5.75 Å². The van der Waals surface area contributed by atoms with E-state index in [1.54, 1.807) is 28.6 Å². The number of hydrogen-bond acceptors (Lipinski definition) is 5. The Morgan fingerprint density at radius 1 is 1.08 bits per heavy atom. The van der Waals surface area contributed by atoms with Crippen LogP contribution in [0.15, 0.2) is 58.8 Å². The van der Waals surface area contributed by atoms with Crippen LogP contribution in [0.5, 0.6) is 5.75 Å². The molecule has 0 N–H and O–H groups in total. The summed E-state index contributed by atoms with van der Waals surface area (Å²) in [6, 6.07) is 14.2.